The smallest absolute Gasteiger partial charge is 0.331 e. The fourth-order valence-corrected chi connectivity index (χ4v) is 2.84. The zero-order valence-electron chi connectivity index (χ0n) is 11.4. The van der Waals surface area contributed by atoms with Gasteiger partial charge in [0.05, 0.1) is 11.6 Å². The van der Waals surface area contributed by atoms with Gasteiger partial charge in [-0.05, 0) is 41.8 Å². The van der Waals surface area contributed by atoms with Gasteiger partial charge < -0.3 is 10.0 Å². The summed E-state index contributed by atoms with van der Waals surface area (Å²) >= 11 is 0. The van der Waals surface area contributed by atoms with E-state index in [1.807, 2.05) is 41.3 Å². The van der Waals surface area contributed by atoms with E-state index in [1.54, 1.807) is 12.1 Å². The molecule has 1 aliphatic heterocycles. The van der Waals surface area contributed by atoms with Crippen molar-refractivity contribution in [3.63, 3.8) is 0 Å². The van der Waals surface area contributed by atoms with Crippen molar-refractivity contribution in [3.05, 3.63) is 65.2 Å². The van der Waals surface area contributed by atoms with Gasteiger partial charge in [0.2, 0.25) is 0 Å². The molecule has 0 amide bonds. The lowest BCUT2D eigenvalue weighted by atomic mass is 9.92. The van der Waals surface area contributed by atoms with Gasteiger partial charge in [0.1, 0.15) is 0 Å². The molecule has 0 spiro atoms. The molecule has 0 aromatic heterocycles. The summed E-state index contributed by atoms with van der Waals surface area (Å²) in [5, 5.41) is 18.5. The van der Waals surface area contributed by atoms with Crippen molar-refractivity contribution in [3.8, 4) is 6.07 Å². The van der Waals surface area contributed by atoms with Crippen LogP contribution < -0.4 is 4.90 Å². The number of carboxylic acids is 1. The van der Waals surface area contributed by atoms with Crippen molar-refractivity contribution in [2.75, 3.05) is 11.4 Å². The van der Waals surface area contributed by atoms with Crippen LogP contribution in [0, 0.1) is 11.3 Å². The van der Waals surface area contributed by atoms with E-state index in [2.05, 4.69) is 6.07 Å². The van der Waals surface area contributed by atoms with Crippen molar-refractivity contribution >= 4 is 11.7 Å². The summed E-state index contributed by atoms with van der Waals surface area (Å²) in [4.78, 5) is 13.6. The maximum absolute atomic E-state index is 11.7. The summed E-state index contributed by atoms with van der Waals surface area (Å²) < 4.78 is 0. The normalized spacial score (nSPS) is 16.9. The molecule has 0 fully saturated rings. The molecule has 1 atom stereocenters. The summed E-state index contributed by atoms with van der Waals surface area (Å²) in [5.74, 6) is -0.855. The van der Waals surface area contributed by atoms with Gasteiger partial charge in [-0.25, -0.2) is 4.79 Å². The van der Waals surface area contributed by atoms with Crippen molar-refractivity contribution < 1.29 is 9.90 Å². The first-order valence-corrected chi connectivity index (χ1v) is 6.78. The van der Waals surface area contributed by atoms with E-state index >= 15 is 0 Å². The molecule has 104 valence electrons. The molecule has 0 radical (unpaired) electrons. The Kier molecular flexibility index (Phi) is 3.33. The Hall–Kier alpha value is -2.80. The van der Waals surface area contributed by atoms with E-state index in [9.17, 15) is 9.90 Å². The van der Waals surface area contributed by atoms with Crippen molar-refractivity contribution in [1.82, 2.24) is 0 Å². The number of fused-ring (bicyclic) bond motifs is 1. The van der Waals surface area contributed by atoms with E-state index in [1.165, 1.54) is 0 Å². The number of anilines is 1. The van der Waals surface area contributed by atoms with E-state index in [0.29, 0.717) is 12.1 Å². The largest absolute Gasteiger partial charge is 0.479 e. The third kappa shape index (κ3) is 2.34. The predicted molar refractivity (Wildman–Crippen MR) is 79.0 cm³/mol. The van der Waals surface area contributed by atoms with Crippen LogP contribution in [0.15, 0.2) is 48.5 Å². The molecule has 0 saturated heterocycles. The maximum Gasteiger partial charge on any atom is 0.331 e. The monoisotopic (exact) mass is 278 g/mol. The van der Waals surface area contributed by atoms with E-state index < -0.39 is 12.0 Å². The fourth-order valence-electron chi connectivity index (χ4n) is 2.84. The van der Waals surface area contributed by atoms with E-state index in [-0.39, 0.29) is 0 Å². The number of nitrogens with zero attached hydrogens (tertiary/aromatic N) is 2. The summed E-state index contributed by atoms with van der Waals surface area (Å²) in [6, 6.07) is 16.1. The Morgan fingerprint density at radius 1 is 1.19 bits per heavy atom. The second-order valence-electron chi connectivity index (χ2n) is 5.04. The highest BCUT2D eigenvalue weighted by atomic mass is 16.4. The molecule has 1 aliphatic rings. The van der Waals surface area contributed by atoms with Crippen LogP contribution in [0.3, 0.4) is 0 Å². The van der Waals surface area contributed by atoms with Crippen molar-refractivity contribution in [2.24, 2.45) is 0 Å². The Balaban J connectivity index is 2.02. The zero-order valence-corrected chi connectivity index (χ0v) is 11.4. The Labute approximate surface area is 122 Å². The van der Waals surface area contributed by atoms with Crippen molar-refractivity contribution in [1.29, 1.82) is 5.26 Å². The van der Waals surface area contributed by atoms with E-state index in [0.717, 1.165) is 23.2 Å². The second kappa shape index (κ2) is 5.29. The average molecular weight is 278 g/mol. The molecule has 21 heavy (non-hydrogen) atoms. The Morgan fingerprint density at radius 3 is 2.57 bits per heavy atom. The number of rotatable bonds is 2. The number of carboxylic acid groups (broad SMARTS) is 1. The van der Waals surface area contributed by atoms with E-state index in [4.69, 9.17) is 5.26 Å². The number of carbonyl (C=O) groups is 1. The lowest BCUT2D eigenvalue weighted by Crippen LogP contribution is -2.39. The third-order valence-electron chi connectivity index (χ3n) is 3.85. The maximum atomic E-state index is 11.7. The minimum Gasteiger partial charge on any atom is -0.479 e. The van der Waals surface area contributed by atoms with Crippen LogP contribution >= 0.6 is 0 Å². The van der Waals surface area contributed by atoms with Gasteiger partial charge in [0.15, 0.2) is 6.04 Å². The summed E-state index contributed by atoms with van der Waals surface area (Å²) in [7, 11) is 0. The topological polar surface area (TPSA) is 64.3 Å². The fraction of sp³-hybridized carbons (Fsp3) is 0.176. The van der Waals surface area contributed by atoms with Crippen LogP contribution in [0.4, 0.5) is 5.69 Å². The lowest BCUT2D eigenvalue weighted by molar-refractivity contribution is -0.138. The molecule has 0 saturated carbocycles. The van der Waals surface area contributed by atoms with Crippen LogP contribution in [-0.4, -0.2) is 17.6 Å². The summed E-state index contributed by atoms with van der Waals surface area (Å²) in [5.41, 5.74) is 3.34. The molecule has 2 aromatic rings. The molecule has 0 bridgehead atoms. The van der Waals surface area contributed by atoms with Gasteiger partial charge in [-0.1, -0.05) is 24.3 Å². The first kappa shape index (κ1) is 13.2. The van der Waals surface area contributed by atoms with Gasteiger partial charge >= 0.3 is 5.97 Å². The minimum absolute atomic E-state index is 0.572. The Morgan fingerprint density at radius 2 is 1.90 bits per heavy atom. The number of nitriles is 1. The molecule has 4 heteroatoms. The first-order chi connectivity index (χ1) is 10.2. The van der Waals surface area contributed by atoms with Crippen LogP contribution in [0.2, 0.25) is 0 Å². The molecule has 4 nitrogen and oxygen atoms in total. The third-order valence-corrected chi connectivity index (χ3v) is 3.85. The van der Waals surface area contributed by atoms with Crippen LogP contribution in [0.5, 0.6) is 0 Å². The van der Waals surface area contributed by atoms with Crippen molar-refractivity contribution in [2.45, 2.75) is 12.5 Å². The highest BCUT2D eigenvalue weighted by Gasteiger charge is 2.32. The first-order valence-electron chi connectivity index (χ1n) is 6.78. The van der Waals surface area contributed by atoms with Gasteiger partial charge in [-0.2, -0.15) is 5.26 Å². The van der Waals surface area contributed by atoms with Crippen LogP contribution in [-0.2, 0) is 11.2 Å². The molecule has 0 aliphatic carbocycles. The number of aliphatic carboxylic acids is 1. The van der Waals surface area contributed by atoms with Crippen LogP contribution in [0.25, 0.3) is 0 Å². The lowest BCUT2D eigenvalue weighted by Gasteiger charge is -2.36. The molecule has 1 heterocycles. The van der Waals surface area contributed by atoms with Gasteiger partial charge in [0, 0.05) is 12.2 Å². The highest BCUT2D eigenvalue weighted by molar-refractivity contribution is 5.81. The number of hydrogen-bond donors (Lipinski definition) is 1. The number of hydrogen-bond acceptors (Lipinski definition) is 3. The molecular weight excluding hydrogens is 264 g/mol. The average Bonchev–Trinajstić information content (AvgIpc) is 2.53. The summed E-state index contributed by atoms with van der Waals surface area (Å²) in [6.45, 7) is 0.653. The molecule has 1 unspecified atom stereocenters. The van der Waals surface area contributed by atoms with Gasteiger partial charge in [0.25, 0.3) is 0 Å². The number of benzene rings is 2. The zero-order chi connectivity index (χ0) is 14.8. The standard InChI is InChI=1S/C17H14N2O2/c18-11-12-5-7-14(8-6-12)19-10-9-13-3-1-2-4-15(13)16(19)17(20)21/h1-8,16H,9-10H2,(H,20,21). The van der Waals surface area contributed by atoms with Crippen LogP contribution in [0.1, 0.15) is 22.7 Å². The molecular formula is C17H14N2O2. The van der Waals surface area contributed by atoms with Gasteiger partial charge in [-0.3, -0.25) is 0 Å². The predicted octanol–water partition coefficient (Wildman–Crippen LogP) is 2.75. The Bertz CT molecular complexity index is 716. The second-order valence-corrected chi connectivity index (χ2v) is 5.04. The quantitative estimate of drug-likeness (QED) is 0.917. The minimum atomic E-state index is -0.855. The molecule has 2 aromatic carbocycles. The SMILES string of the molecule is N#Cc1ccc(N2CCc3ccccc3C2C(=O)O)cc1. The molecule has 1 N–H and O–H groups in total. The van der Waals surface area contributed by atoms with Gasteiger partial charge in [-0.15, -0.1) is 0 Å². The summed E-state index contributed by atoms with van der Waals surface area (Å²) in [6.07, 6.45) is 0.819. The highest BCUT2D eigenvalue weighted by Crippen LogP contribution is 2.33. The molecule has 3 rings (SSSR count).